The fraction of sp³-hybridized carbons (Fsp3) is 0.400. The van der Waals surface area contributed by atoms with Crippen LogP contribution in [0.5, 0.6) is 5.75 Å². The number of halogens is 1. The summed E-state index contributed by atoms with van der Waals surface area (Å²) < 4.78 is 7.37. The van der Waals surface area contributed by atoms with Crippen LogP contribution in [0.3, 0.4) is 0 Å². The molecule has 1 aliphatic rings. The van der Waals surface area contributed by atoms with E-state index in [1.165, 1.54) is 18.5 Å². The second-order valence-corrected chi connectivity index (χ2v) is 5.53. The lowest BCUT2D eigenvalue weighted by molar-refractivity contribution is 0.406. The summed E-state index contributed by atoms with van der Waals surface area (Å²) in [5.41, 5.74) is 2.22. The maximum atomic E-state index is 6.07. The Bertz CT molecular complexity index is 593. The summed E-state index contributed by atoms with van der Waals surface area (Å²) in [4.78, 5) is 0. The van der Waals surface area contributed by atoms with Crippen LogP contribution in [0.25, 0.3) is 0 Å². The third-order valence-electron chi connectivity index (χ3n) is 3.52. The van der Waals surface area contributed by atoms with Gasteiger partial charge in [-0.25, -0.2) is 0 Å². The van der Waals surface area contributed by atoms with Crippen molar-refractivity contribution in [2.24, 2.45) is 0 Å². The average molecular weight is 292 g/mol. The molecule has 0 amide bonds. The summed E-state index contributed by atoms with van der Waals surface area (Å²) in [5.74, 6) is 0.839. The second kappa shape index (κ2) is 5.85. The van der Waals surface area contributed by atoms with Crippen molar-refractivity contribution >= 4 is 11.6 Å². The standard InChI is InChI=1S/C15H18ClN3O/c1-20-15-5-2-12(16)8-11(15)10-19-14(6-7-18-19)9-17-13-3-4-13/h2,5-8,13,17H,3-4,9-10H2,1H3. The Morgan fingerprint density at radius 2 is 2.25 bits per heavy atom. The van der Waals surface area contributed by atoms with Gasteiger partial charge in [-0.3, -0.25) is 4.68 Å². The monoisotopic (exact) mass is 291 g/mol. The van der Waals surface area contributed by atoms with Crippen molar-refractivity contribution in [1.82, 2.24) is 15.1 Å². The highest BCUT2D eigenvalue weighted by molar-refractivity contribution is 6.30. The van der Waals surface area contributed by atoms with Gasteiger partial charge in [-0.15, -0.1) is 0 Å². The largest absolute Gasteiger partial charge is 0.496 e. The number of nitrogens with zero attached hydrogens (tertiary/aromatic N) is 2. The van der Waals surface area contributed by atoms with Gasteiger partial charge in [-0.2, -0.15) is 5.10 Å². The van der Waals surface area contributed by atoms with Gasteiger partial charge in [-0.05, 0) is 37.1 Å². The first-order chi connectivity index (χ1) is 9.76. The molecule has 0 atom stereocenters. The smallest absolute Gasteiger partial charge is 0.124 e. The quantitative estimate of drug-likeness (QED) is 0.889. The molecule has 1 saturated carbocycles. The number of hydrogen-bond donors (Lipinski definition) is 1. The van der Waals surface area contributed by atoms with E-state index in [0.29, 0.717) is 17.6 Å². The maximum absolute atomic E-state index is 6.07. The van der Waals surface area contributed by atoms with Gasteiger partial charge in [0.05, 0.1) is 19.3 Å². The van der Waals surface area contributed by atoms with Gasteiger partial charge in [0, 0.05) is 29.4 Å². The van der Waals surface area contributed by atoms with Gasteiger partial charge in [-0.1, -0.05) is 11.6 Å². The molecule has 2 aromatic rings. The van der Waals surface area contributed by atoms with E-state index in [-0.39, 0.29) is 0 Å². The first kappa shape index (κ1) is 13.5. The number of rotatable bonds is 6. The SMILES string of the molecule is COc1ccc(Cl)cc1Cn1nccc1CNC1CC1. The molecule has 4 nitrogen and oxygen atoms in total. The molecule has 3 rings (SSSR count). The Hall–Kier alpha value is -1.52. The molecule has 0 bridgehead atoms. The molecule has 0 spiro atoms. The maximum Gasteiger partial charge on any atom is 0.124 e. The van der Waals surface area contributed by atoms with E-state index in [0.717, 1.165) is 17.9 Å². The summed E-state index contributed by atoms with van der Waals surface area (Å²) in [6.45, 7) is 1.52. The van der Waals surface area contributed by atoms with E-state index in [2.05, 4.69) is 10.4 Å². The number of aromatic nitrogens is 2. The van der Waals surface area contributed by atoms with Gasteiger partial charge < -0.3 is 10.1 Å². The zero-order chi connectivity index (χ0) is 13.9. The molecular formula is C15H18ClN3O. The highest BCUT2D eigenvalue weighted by Gasteiger charge is 2.20. The number of ether oxygens (including phenoxy) is 1. The summed E-state index contributed by atoms with van der Waals surface area (Å²) in [6.07, 6.45) is 4.41. The van der Waals surface area contributed by atoms with Crippen LogP contribution < -0.4 is 10.1 Å². The molecule has 0 saturated heterocycles. The lowest BCUT2D eigenvalue weighted by atomic mass is 10.2. The van der Waals surface area contributed by atoms with Gasteiger partial charge in [0.1, 0.15) is 5.75 Å². The molecule has 0 aliphatic heterocycles. The van der Waals surface area contributed by atoms with E-state index in [9.17, 15) is 0 Å². The molecule has 1 N–H and O–H groups in total. The minimum absolute atomic E-state index is 0.665. The molecule has 5 heteroatoms. The molecule has 1 fully saturated rings. The van der Waals surface area contributed by atoms with Crippen LogP contribution in [-0.4, -0.2) is 22.9 Å². The normalized spacial score (nSPS) is 14.5. The zero-order valence-corrected chi connectivity index (χ0v) is 12.2. The van der Waals surface area contributed by atoms with Gasteiger partial charge in [0.25, 0.3) is 0 Å². The molecule has 106 valence electrons. The molecule has 20 heavy (non-hydrogen) atoms. The van der Waals surface area contributed by atoms with Gasteiger partial charge >= 0.3 is 0 Å². The Balaban J connectivity index is 1.76. The van der Waals surface area contributed by atoms with E-state index in [1.54, 1.807) is 7.11 Å². The highest BCUT2D eigenvalue weighted by atomic mass is 35.5. The van der Waals surface area contributed by atoms with Gasteiger partial charge in [0.15, 0.2) is 0 Å². The predicted molar refractivity (Wildman–Crippen MR) is 79.2 cm³/mol. The molecule has 1 aliphatic carbocycles. The molecular weight excluding hydrogens is 274 g/mol. The fourth-order valence-electron chi connectivity index (χ4n) is 2.22. The van der Waals surface area contributed by atoms with Crippen molar-refractivity contribution < 1.29 is 4.74 Å². The van der Waals surface area contributed by atoms with Crippen LogP contribution in [0.4, 0.5) is 0 Å². The van der Waals surface area contributed by atoms with Crippen molar-refractivity contribution in [2.45, 2.75) is 32.0 Å². The third-order valence-corrected chi connectivity index (χ3v) is 3.75. The van der Waals surface area contributed by atoms with E-state index >= 15 is 0 Å². The van der Waals surface area contributed by atoms with Crippen LogP contribution in [0.2, 0.25) is 5.02 Å². The topological polar surface area (TPSA) is 39.1 Å². The molecule has 1 heterocycles. The lowest BCUT2D eigenvalue weighted by Crippen LogP contribution is -2.19. The molecule has 1 aromatic carbocycles. The van der Waals surface area contributed by atoms with Crippen LogP contribution in [0.15, 0.2) is 30.5 Å². The van der Waals surface area contributed by atoms with Gasteiger partial charge in [0.2, 0.25) is 0 Å². The number of methoxy groups -OCH3 is 1. The van der Waals surface area contributed by atoms with Crippen LogP contribution in [-0.2, 0) is 13.1 Å². The van der Waals surface area contributed by atoms with Crippen molar-refractivity contribution in [3.63, 3.8) is 0 Å². The molecule has 0 unspecified atom stereocenters. The highest BCUT2D eigenvalue weighted by Crippen LogP contribution is 2.24. The van der Waals surface area contributed by atoms with E-state index in [1.807, 2.05) is 35.1 Å². The average Bonchev–Trinajstić information content (AvgIpc) is 3.17. The third kappa shape index (κ3) is 3.14. The second-order valence-electron chi connectivity index (χ2n) is 5.09. The minimum atomic E-state index is 0.665. The summed E-state index contributed by atoms with van der Waals surface area (Å²) in [6, 6.07) is 8.40. The summed E-state index contributed by atoms with van der Waals surface area (Å²) in [5, 5.41) is 8.61. The van der Waals surface area contributed by atoms with E-state index in [4.69, 9.17) is 16.3 Å². The summed E-state index contributed by atoms with van der Waals surface area (Å²) >= 11 is 6.07. The van der Waals surface area contributed by atoms with Crippen LogP contribution in [0.1, 0.15) is 24.1 Å². The Labute approximate surface area is 123 Å². The predicted octanol–water partition coefficient (Wildman–Crippen LogP) is 2.85. The van der Waals surface area contributed by atoms with Crippen molar-refractivity contribution in [3.8, 4) is 5.75 Å². The Morgan fingerprint density at radius 3 is 3.00 bits per heavy atom. The number of benzene rings is 1. The first-order valence-corrected chi connectivity index (χ1v) is 7.20. The first-order valence-electron chi connectivity index (χ1n) is 6.83. The molecule has 0 radical (unpaired) electrons. The summed E-state index contributed by atoms with van der Waals surface area (Å²) in [7, 11) is 1.67. The van der Waals surface area contributed by atoms with Crippen LogP contribution >= 0.6 is 11.6 Å². The minimum Gasteiger partial charge on any atom is -0.496 e. The number of nitrogens with one attached hydrogen (secondary N) is 1. The van der Waals surface area contributed by atoms with Crippen LogP contribution in [0, 0.1) is 0 Å². The molecule has 1 aromatic heterocycles. The zero-order valence-electron chi connectivity index (χ0n) is 11.5. The van der Waals surface area contributed by atoms with Crippen molar-refractivity contribution in [3.05, 3.63) is 46.7 Å². The van der Waals surface area contributed by atoms with E-state index < -0.39 is 0 Å². The fourth-order valence-corrected chi connectivity index (χ4v) is 2.42. The van der Waals surface area contributed by atoms with Crippen molar-refractivity contribution in [2.75, 3.05) is 7.11 Å². The number of hydrogen-bond acceptors (Lipinski definition) is 3. The Kier molecular flexibility index (Phi) is 3.94. The lowest BCUT2D eigenvalue weighted by Gasteiger charge is -2.12. The Morgan fingerprint density at radius 1 is 1.40 bits per heavy atom. The van der Waals surface area contributed by atoms with Crippen molar-refractivity contribution in [1.29, 1.82) is 0 Å².